The Balaban J connectivity index is 1.48. The first-order valence-electron chi connectivity index (χ1n) is 10.5. The molecule has 0 bridgehead atoms. The molecule has 0 saturated heterocycles. The van der Waals surface area contributed by atoms with E-state index in [1.165, 1.54) is 0 Å². The molecule has 0 amide bonds. The lowest BCUT2D eigenvalue weighted by molar-refractivity contribution is -0.139. The second-order valence-electron chi connectivity index (χ2n) is 7.38. The maximum atomic E-state index is 12.5. The summed E-state index contributed by atoms with van der Waals surface area (Å²) in [6.45, 7) is 6.10. The Kier molecular flexibility index (Phi) is 7.98. The molecule has 0 unspecified atom stereocenters. The van der Waals surface area contributed by atoms with Gasteiger partial charge in [-0.3, -0.25) is 0 Å². The molecule has 0 spiro atoms. The number of hydrogen-bond acceptors (Lipinski definition) is 6. The molecule has 0 saturated carbocycles. The quantitative estimate of drug-likeness (QED) is 0.237. The minimum atomic E-state index is -0.413. The fourth-order valence-electron chi connectivity index (χ4n) is 3.13. The van der Waals surface area contributed by atoms with Crippen molar-refractivity contribution >= 4 is 16.9 Å². The van der Waals surface area contributed by atoms with Gasteiger partial charge in [0.25, 0.3) is 5.88 Å². The number of rotatable bonds is 11. The van der Waals surface area contributed by atoms with Crippen LogP contribution in [0.25, 0.3) is 22.1 Å². The van der Waals surface area contributed by atoms with E-state index in [0.717, 1.165) is 43.1 Å². The van der Waals surface area contributed by atoms with Crippen molar-refractivity contribution in [3.05, 3.63) is 71.2 Å². The van der Waals surface area contributed by atoms with Gasteiger partial charge in [0, 0.05) is 17.2 Å². The molecule has 3 rings (SSSR count). The van der Waals surface area contributed by atoms with Gasteiger partial charge in [-0.15, -0.1) is 0 Å². The van der Waals surface area contributed by atoms with Crippen LogP contribution in [-0.4, -0.2) is 24.2 Å². The van der Waals surface area contributed by atoms with E-state index in [1.807, 2.05) is 36.4 Å². The van der Waals surface area contributed by atoms with Crippen LogP contribution in [-0.2, 0) is 9.53 Å². The third-order valence-corrected chi connectivity index (χ3v) is 4.81. The van der Waals surface area contributed by atoms with E-state index < -0.39 is 5.63 Å². The number of carbonyl (C=O) groups excluding carboxylic acids is 1. The lowest BCUT2D eigenvalue weighted by Gasteiger charge is -2.08. The maximum Gasteiger partial charge on any atom is 0.344 e. The molecule has 0 radical (unpaired) electrons. The van der Waals surface area contributed by atoms with Crippen molar-refractivity contribution in [3.63, 3.8) is 0 Å². The van der Waals surface area contributed by atoms with E-state index in [2.05, 4.69) is 11.6 Å². The average molecular weight is 421 g/mol. The average Bonchev–Trinajstić information content (AvgIpc) is 2.78. The largest absolute Gasteiger partial charge is 0.475 e. The second kappa shape index (κ2) is 11.1. The number of hydrogen-bond donors (Lipinski definition) is 0. The molecule has 0 aliphatic heterocycles. The molecule has 6 nitrogen and oxygen atoms in total. The third kappa shape index (κ3) is 6.28. The molecule has 0 fully saturated rings. The van der Waals surface area contributed by atoms with Crippen molar-refractivity contribution < 1.29 is 18.7 Å². The fourth-order valence-corrected chi connectivity index (χ4v) is 3.13. The van der Waals surface area contributed by atoms with Crippen LogP contribution in [0.5, 0.6) is 5.88 Å². The predicted octanol–water partition coefficient (Wildman–Crippen LogP) is 5.30. The Morgan fingerprint density at radius 2 is 1.74 bits per heavy atom. The summed E-state index contributed by atoms with van der Waals surface area (Å²) in [5.41, 5.74) is 1.70. The number of carbonyl (C=O) groups is 1. The van der Waals surface area contributed by atoms with E-state index in [4.69, 9.17) is 13.9 Å². The summed E-state index contributed by atoms with van der Waals surface area (Å²) in [5.74, 6) is -0.000512. The van der Waals surface area contributed by atoms with Gasteiger partial charge in [-0.1, -0.05) is 56.2 Å². The lowest BCUT2D eigenvalue weighted by Crippen LogP contribution is -2.06. The molecule has 0 aliphatic rings. The summed E-state index contributed by atoms with van der Waals surface area (Å²) in [5, 5.41) is 0.771. The molecular weight excluding hydrogens is 394 g/mol. The molecule has 2 aromatic heterocycles. The van der Waals surface area contributed by atoms with Crippen molar-refractivity contribution in [1.82, 2.24) is 4.98 Å². The van der Waals surface area contributed by atoms with E-state index >= 15 is 0 Å². The zero-order valence-electron chi connectivity index (χ0n) is 17.8. The second-order valence-corrected chi connectivity index (χ2v) is 7.38. The minimum Gasteiger partial charge on any atom is -0.475 e. The van der Waals surface area contributed by atoms with E-state index in [-0.39, 0.29) is 5.97 Å². The Morgan fingerprint density at radius 1 is 1.03 bits per heavy atom. The van der Waals surface area contributed by atoms with Gasteiger partial charge in [-0.2, -0.15) is 0 Å². The molecule has 1 aromatic carbocycles. The van der Waals surface area contributed by atoms with Crippen molar-refractivity contribution in [2.45, 2.75) is 39.0 Å². The Labute approximate surface area is 181 Å². The summed E-state index contributed by atoms with van der Waals surface area (Å²) in [7, 11) is 0. The van der Waals surface area contributed by atoms with E-state index in [9.17, 15) is 9.59 Å². The third-order valence-electron chi connectivity index (χ3n) is 4.81. The highest BCUT2D eigenvalue weighted by Gasteiger charge is 2.12. The zero-order valence-corrected chi connectivity index (χ0v) is 17.8. The van der Waals surface area contributed by atoms with Crippen LogP contribution in [0, 0.1) is 0 Å². The van der Waals surface area contributed by atoms with Crippen LogP contribution in [0.3, 0.4) is 0 Å². The Bertz CT molecular complexity index is 1090. The maximum absolute atomic E-state index is 12.5. The number of nitrogens with zero attached hydrogens (tertiary/aromatic N) is 1. The van der Waals surface area contributed by atoms with Crippen molar-refractivity contribution in [3.8, 4) is 17.0 Å². The Morgan fingerprint density at radius 3 is 2.48 bits per heavy atom. The van der Waals surface area contributed by atoms with E-state index in [1.54, 1.807) is 19.2 Å². The standard InChI is InChI=1S/C25H27NO5/c1-18(2)24(27)30-16-10-5-3-4-9-15-29-23-22-20(13-14-26-23)17-21(25(28)31-22)19-11-7-6-8-12-19/h6-8,11-14,17H,1,3-5,9-10,15-16H2,2H3. The monoisotopic (exact) mass is 421 g/mol. The van der Waals surface area contributed by atoms with Crippen LogP contribution in [0.2, 0.25) is 0 Å². The van der Waals surface area contributed by atoms with Crippen molar-refractivity contribution in [2.75, 3.05) is 13.2 Å². The number of pyridine rings is 1. The summed E-state index contributed by atoms with van der Waals surface area (Å²) in [4.78, 5) is 28.0. The number of ether oxygens (including phenoxy) is 2. The zero-order chi connectivity index (χ0) is 22.1. The highest BCUT2D eigenvalue weighted by molar-refractivity contribution is 5.87. The van der Waals surface area contributed by atoms with Crippen LogP contribution < -0.4 is 10.4 Å². The summed E-state index contributed by atoms with van der Waals surface area (Å²) in [6, 6.07) is 13.0. The first-order valence-corrected chi connectivity index (χ1v) is 10.5. The van der Waals surface area contributed by atoms with Gasteiger partial charge in [-0.25, -0.2) is 14.6 Å². The molecule has 162 valence electrons. The van der Waals surface area contributed by atoms with Gasteiger partial charge in [0.15, 0.2) is 5.58 Å². The van der Waals surface area contributed by atoms with E-state index in [0.29, 0.717) is 35.8 Å². The lowest BCUT2D eigenvalue weighted by atomic mass is 10.1. The van der Waals surface area contributed by atoms with Gasteiger partial charge in [-0.05, 0) is 37.5 Å². The van der Waals surface area contributed by atoms with Crippen LogP contribution in [0.15, 0.2) is 70.0 Å². The molecule has 31 heavy (non-hydrogen) atoms. The van der Waals surface area contributed by atoms with Gasteiger partial charge >= 0.3 is 11.6 Å². The van der Waals surface area contributed by atoms with Gasteiger partial charge in [0.1, 0.15) is 0 Å². The number of benzene rings is 1. The first kappa shape index (κ1) is 22.3. The SMILES string of the molecule is C=C(C)C(=O)OCCCCCCCOc1nccc2cc(-c3ccccc3)c(=O)oc12. The molecular formula is C25H27NO5. The minimum absolute atomic E-state index is 0.334. The number of fused-ring (bicyclic) bond motifs is 1. The summed E-state index contributed by atoms with van der Waals surface area (Å²) < 4.78 is 16.4. The van der Waals surface area contributed by atoms with Gasteiger partial charge < -0.3 is 13.9 Å². The molecule has 0 N–H and O–H groups in total. The topological polar surface area (TPSA) is 78.6 Å². The highest BCUT2D eigenvalue weighted by Crippen LogP contribution is 2.26. The highest BCUT2D eigenvalue weighted by atomic mass is 16.5. The van der Waals surface area contributed by atoms with Crippen LogP contribution in [0.1, 0.15) is 39.0 Å². The number of unbranched alkanes of at least 4 members (excludes halogenated alkanes) is 4. The number of esters is 1. The summed E-state index contributed by atoms with van der Waals surface area (Å²) >= 11 is 0. The Hall–Kier alpha value is -3.41. The molecule has 3 aromatic rings. The van der Waals surface area contributed by atoms with Crippen molar-refractivity contribution in [1.29, 1.82) is 0 Å². The van der Waals surface area contributed by atoms with Crippen LogP contribution in [0.4, 0.5) is 0 Å². The fraction of sp³-hybridized carbons (Fsp3) is 0.320. The molecule has 2 heterocycles. The number of aromatic nitrogens is 1. The first-order chi connectivity index (χ1) is 15.1. The predicted molar refractivity (Wildman–Crippen MR) is 120 cm³/mol. The summed E-state index contributed by atoms with van der Waals surface area (Å²) in [6.07, 6.45) is 6.33. The molecule has 0 atom stereocenters. The van der Waals surface area contributed by atoms with Gasteiger partial charge in [0.2, 0.25) is 0 Å². The molecule has 6 heteroatoms. The normalized spacial score (nSPS) is 10.7. The molecule has 0 aliphatic carbocycles. The van der Waals surface area contributed by atoms with Gasteiger partial charge in [0.05, 0.1) is 18.8 Å². The van der Waals surface area contributed by atoms with Crippen LogP contribution >= 0.6 is 0 Å². The van der Waals surface area contributed by atoms with Crippen molar-refractivity contribution in [2.24, 2.45) is 0 Å². The smallest absolute Gasteiger partial charge is 0.344 e.